The van der Waals surface area contributed by atoms with Crippen molar-refractivity contribution in [1.29, 1.82) is 0 Å². The lowest BCUT2D eigenvalue weighted by molar-refractivity contribution is 0.104. The number of benzene rings is 1. The number of aromatic hydroxyl groups is 1. The quantitative estimate of drug-likeness (QED) is 0.594. The summed E-state index contributed by atoms with van der Waals surface area (Å²) in [5, 5.41) is 9.57. The van der Waals surface area contributed by atoms with Crippen LogP contribution in [0.4, 0.5) is 0 Å². The number of ketones is 1. The van der Waals surface area contributed by atoms with Gasteiger partial charge in [0, 0.05) is 6.20 Å². The maximum Gasteiger partial charge on any atom is 0.205 e. The van der Waals surface area contributed by atoms with Gasteiger partial charge in [0.05, 0.1) is 0 Å². The Kier molecular flexibility index (Phi) is 3.46. The van der Waals surface area contributed by atoms with E-state index >= 15 is 0 Å². The van der Waals surface area contributed by atoms with Gasteiger partial charge in [-0.3, -0.25) is 9.20 Å². The third-order valence-electron chi connectivity index (χ3n) is 3.02. The van der Waals surface area contributed by atoms with Crippen LogP contribution in [0.3, 0.4) is 0 Å². The molecule has 1 aromatic carbocycles. The van der Waals surface area contributed by atoms with Crippen LogP contribution in [-0.2, 0) is 0 Å². The fraction of sp³-hybridized carbons (Fsp3) is 0. The van der Waals surface area contributed by atoms with Crippen molar-refractivity contribution in [3.8, 4) is 5.75 Å². The second kappa shape index (κ2) is 5.42. The summed E-state index contributed by atoms with van der Waals surface area (Å²) >= 11 is 6.04. The topological polar surface area (TPSA) is 54.6 Å². The van der Waals surface area contributed by atoms with Gasteiger partial charge in [-0.05, 0) is 35.9 Å². The smallest absolute Gasteiger partial charge is 0.205 e. The highest BCUT2D eigenvalue weighted by Crippen LogP contribution is 2.19. The molecular weight excluding hydrogens is 288 g/mol. The number of hydrogen-bond acceptors (Lipinski definition) is 3. The van der Waals surface area contributed by atoms with Crippen LogP contribution in [0.1, 0.15) is 16.1 Å². The highest BCUT2D eigenvalue weighted by atomic mass is 35.5. The van der Waals surface area contributed by atoms with Gasteiger partial charge in [0.1, 0.15) is 17.1 Å². The van der Waals surface area contributed by atoms with Gasteiger partial charge in [0.2, 0.25) is 5.78 Å². The molecule has 3 aromatic rings. The van der Waals surface area contributed by atoms with Crippen molar-refractivity contribution in [3.63, 3.8) is 0 Å². The predicted molar refractivity (Wildman–Crippen MR) is 81.7 cm³/mol. The number of imidazole rings is 1. The lowest BCUT2D eigenvalue weighted by Gasteiger charge is -1.98. The number of allylic oxidation sites excluding steroid dienone is 1. The van der Waals surface area contributed by atoms with Gasteiger partial charge in [-0.15, -0.1) is 0 Å². The molecule has 5 heteroatoms. The lowest BCUT2D eigenvalue weighted by Crippen LogP contribution is -2.00. The largest absolute Gasteiger partial charge is 0.508 e. The van der Waals surface area contributed by atoms with Crippen LogP contribution < -0.4 is 0 Å². The first-order chi connectivity index (χ1) is 10.1. The zero-order valence-corrected chi connectivity index (χ0v) is 11.7. The van der Waals surface area contributed by atoms with E-state index in [1.54, 1.807) is 53.1 Å². The molecule has 2 aromatic heterocycles. The van der Waals surface area contributed by atoms with E-state index in [9.17, 15) is 9.90 Å². The normalized spacial score (nSPS) is 11.3. The molecule has 0 amide bonds. The van der Waals surface area contributed by atoms with Crippen LogP contribution in [0.5, 0.6) is 5.75 Å². The fourth-order valence-electron chi connectivity index (χ4n) is 2.07. The molecule has 0 spiro atoms. The third-order valence-corrected chi connectivity index (χ3v) is 3.28. The number of pyridine rings is 1. The Morgan fingerprint density at radius 3 is 2.90 bits per heavy atom. The van der Waals surface area contributed by atoms with E-state index < -0.39 is 0 Å². The number of halogens is 1. The number of rotatable bonds is 3. The molecule has 0 aliphatic rings. The number of fused-ring (bicyclic) bond motifs is 1. The molecule has 1 N–H and O–H groups in total. The summed E-state index contributed by atoms with van der Waals surface area (Å²) in [7, 11) is 0. The minimum Gasteiger partial charge on any atom is -0.508 e. The van der Waals surface area contributed by atoms with E-state index in [2.05, 4.69) is 4.98 Å². The van der Waals surface area contributed by atoms with E-state index in [-0.39, 0.29) is 16.7 Å². The van der Waals surface area contributed by atoms with E-state index in [0.29, 0.717) is 11.3 Å². The number of phenols is 1. The zero-order valence-electron chi connectivity index (χ0n) is 10.9. The average molecular weight is 299 g/mol. The van der Waals surface area contributed by atoms with Crippen molar-refractivity contribution in [3.05, 3.63) is 71.1 Å². The average Bonchev–Trinajstić information content (AvgIpc) is 2.81. The first-order valence-electron chi connectivity index (χ1n) is 6.29. The predicted octanol–water partition coefficient (Wildman–Crippen LogP) is 3.59. The SMILES string of the molecule is O=C(C=Cc1cccc(O)c1)c1c(Cl)nc2ccccn12. The Morgan fingerprint density at radius 2 is 2.10 bits per heavy atom. The standard InChI is InChI=1S/C16H11ClN2O2/c17-16-15(19-9-2-1-6-14(19)18-16)13(21)8-7-11-4-3-5-12(20)10-11/h1-10,20H. The van der Waals surface area contributed by atoms with Gasteiger partial charge < -0.3 is 5.11 Å². The molecule has 21 heavy (non-hydrogen) atoms. The maximum absolute atomic E-state index is 12.3. The zero-order chi connectivity index (χ0) is 14.8. The van der Waals surface area contributed by atoms with E-state index in [1.165, 1.54) is 6.08 Å². The van der Waals surface area contributed by atoms with Gasteiger partial charge in [0.25, 0.3) is 0 Å². The van der Waals surface area contributed by atoms with Crippen molar-refractivity contribution < 1.29 is 9.90 Å². The lowest BCUT2D eigenvalue weighted by atomic mass is 10.1. The fourth-order valence-corrected chi connectivity index (χ4v) is 2.34. The van der Waals surface area contributed by atoms with E-state index in [1.807, 2.05) is 6.07 Å². The molecule has 4 nitrogen and oxygen atoms in total. The minimum atomic E-state index is -0.248. The minimum absolute atomic E-state index is 0.150. The molecule has 0 saturated carbocycles. The Labute approximate surface area is 125 Å². The number of aromatic nitrogens is 2. The van der Waals surface area contributed by atoms with Crippen molar-refractivity contribution >= 4 is 29.1 Å². The Morgan fingerprint density at radius 1 is 1.24 bits per heavy atom. The van der Waals surface area contributed by atoms with Crippen LogP contribution in [-0.4, -0.2) is 20.3 Å². The Bertz CT molecular complexity index is 852. The Balaban J connectivity index is 1.96. The first-order valence-corrected chi connectivity index (χ1v) is 6.67. The van der Waals surface area contributed by atoms with Gasteiger partial charge in [0.15, 0.2) is 5.15 Å². The number of nitrogens with zero attached hydrogens (tertiary/aromatic N) is 2. The molecule has 0 aliphatic heterocycles. The number of carbonyl (C=O) groups excluding carboxylic acids is 1. The molecule has 3 rings (SSSR count). The van der Waals surface area contributed by atoms with Crippen molar-refractivity contribution in [2.45, 2.75) is 0 Å². The van der Waals surface area contributed by atoms with Crippen LogP contribution in [0.25, 0.3) is 11.7 Å². The highest BCUT2D eigenvalue weighted by molar-refractivity contribution is 6.33. The monoisotopic (exact) mass is 298 g/mol. The van der Waals surface area contributed by atoms with Crippen molar-refractivity contribution in [2.24, 2.45) is 0 Å². The molecule has 0 saturated heterocycles. The summed E-state index contributed by atoms with van der Waals surface area (Å²) < 4.78 is 1.65. The van der Waals surface area contributed by atoms with Crippen LogP contribution in [0.15, 0.2) is 54.7 Å². The third kappa shape index (κ3) is 2.66. The number of phenolic OH excluding ortho intramolecular Hbond substituents is 1. The molecule has 2 heterocycles. The molecular formula is C16H11ClN2O2. The second-order valence-corrected chi connectivity index (χ2v) is 4.83. The maximum atomic E-state index is 12.3. The molecule has 0 unspecified atom stereocenters. The summed E-state index contributed by atoms with van der Waals surface area (Å²) in [6.07, 6.45) is 4.78. The molecule has 0 fully saturated rings. The summed E-state index contributed by atoms with van der Waals surface area (Å²) in [6, 6.07) is 12.1. The summed E-state index contributed by atoms with van der Waals surface area (Å²) in [4.78, 5) is 16.4. The van der Waals surface area contributed by atoms with Crippen LogP contribution in [0, 0.1) is 0 Å². The first kappa shape index (κ1) is 13.4. The molecule has 0 radical (unpaired) electrons. The van der Waals surface area contributed by atoms with Crippen molar-refractivity contribution in [2.75, 3.05) is 0 Å². The van der Waals surface area contributed by atoms with Crippen LogP contribution >= 0.6 is 11.6 Å². The van der Waals surface area contributed by atoms with E-state index in [4.69, 9.17) is 11.6 Å². The van der Waals surface area contributed by atoms with E-state index in [0.717, 1.165) is 5.56 Å². The molecule has 0 aliphatic carbocycles. The summed E-state index contributed by atoms with van der Waals surface area (Å²) in [5.74, 6) is -0.0977. The molecule has 0 bridgehead atoms. The molecule has 104 valence electrons. The van der Waals surface area contributed by atoms with Gasteiger partial charge in [-0.25, -0.2) is 4.98 Å². The highest BCUT2D eigenvalue weighted by Gasteiger charge is 2.15. The summed E-state index contributed by atoms with van der Waals surface area (Å²) in [5.41, 5.74) is 1.67. The second-order valence-electron chi connectivity index (χ2n) is 4.47. The molecule has 0 atom stereocenters. The van der Waals surface area contributed by atoms with Gasteiger partial charge in [-0.2, -0.15) is 0 Å². The van der Waals surface area contributed by atoms with Gasteiger partial charge >= 0.3 is 0 Å². The number of hydrogen-bond donors (Lipinski definition) is 1. The van der Waals surface area contributed by atoms with Gasteiger partial charge in [-0.1, -0.05) is 35.9 Å². The number of carbonyl (C=O) groups is 1. The van der Waals surface area contributed by atoms with Crippen LogP contribution in [0.2, 0.25) is 5.15 Å². The Hall–Kier alpha value is -2.59. The summed E-state index contributed by atoms with van der Waals surface area (Å²) in [6.45, 7) is 0. The van der Waals surface area contributed by atoms with Crippen molar-refractivity contribution in [1.82, 2.24) is 9.38 Å².